The zero-order chi connectivity index (χ0) is 12.7. The first-order valence-electron chi connectivity index (χ1n) is 5.90. The number of carbonyl (C=O) groups excluding carboxylic acids is 1. The molecule has 0 amide bonds. The van der Waals surface area contributed by atoms with Crippen molar-refractivity contribution in [3.63, 3.8) is 0 Å². The van der Waals surface area contributed by atoms with Crippen LogP contribution in [0.25, 0.3) is 11.1 Å². The summed E-state index contributed by atoms with van der Waals surface area (Å²) in [7, 11) is 0. The van der Waals surface area contributed by atoms with Crippen molar-refractivity contribution in [2.75, 3.05) is 0 Å². The van der Waals surface area contributed by atoms with E-state index in [1.807, 2.05) is 37.3 Å². The third kappa shape index (κ3) is 1.34. The minimum absolute atomic E-state index is 0.0202. The van der Waals surface area contributed by atoms with Gasteiger partial charge in [-0.3, -0.25) is 4.79 Å². The molecular formula is C15H11NO2. The van der Waals surface area contributed by atoms with Crippen LogP contribution >= 0.6 is 0 Å². The van der Waals surface area contributed by atoms with Gasteiger partial charge in [0.15, 0.2) is 5.78 Å². The maximum atomic E-state index is 12.2. The average molecular weight is 237 g/mol. The molecule has 88 valence electrons. The largest absolute Gasteiger partial charge is 0.289 e. The lowest BCUT2D eigenvalue weighted by molar-refractivity contribution is 0.104. The number of nitroso groups, excluding NO2 is 1. The standard InChI is InChI=1S/C15H11NO2/c1-2-9-7-12-10-5-3-4-6-11(10)15(17)13(12)8-14(9)16-18/h3-8H,2H2,1H3. The molecule has 0 aromatic heterocycles. The number of fused-ring (bicyclic) bond motifs is 3. The second-order valence-corrected chi connectivity index (χ2v) is 4.35. The first kappa shape index (κ1) is 10.8. The summed E-state index contributed by atoms with van der Waals surface area (Å²) in [5, 5.41) is 3.01. The maximum absolute atomic E-state index is 12.2. The molecule has 0 saturated heterocycles. The van der Waals surface area contributed by atoms with Gasteiger partial charge in [0.05, 0.1) is 0 Å². The summed E-state index contributed by atoms with van der Waals surface area (Å²) in [5.41, 5.74) is 4.41. The highest BCUT2D eigenvalue weighted by molar-refractivity contribution is 6.22. The zero-order valence-electron chi connectivity index (χ0n) is 9.93. The van der Waals surface area contributed by atoms with Crippen LogP contribution in [0.2, 0.25) is 0 Å². The van der Waals surface area contributed by atoms with Crippen molar-refractivity contribution >= 4 is 11.5 Å². The molecule has 0 N–H and O–H groups in total. The molecule has 0 aliphatic heterocycles. The summed E-state index contributed by atoms with van der Waals surface area (Å²) in [6, 6.07) is 11.0. The molecule has 0 saturated carbocycles. The third-order valence-electron chi connectivity index (χ3n) is 3.40. The number of hydrogen-bond acceptors (Lipinski definition) is 3. The molecule has 2 aromatic carbocycles. The Morgan fingerprint density at radius 3 is 2.39 bits per heavy atom. The van der Waals surface area contributed by atoms with E-state index in [0.717, 1.165) is 23.1 Å². The first-order chi connectivity index (χ1) is 8.76. The van der Waals surface area contributed by atoms with E-state index in [1.165, 1.54) is 0 Å². The normalized spacial score (nSPS) is 12.2. The van der Waals surface area contributed by atoms with Crippen LogP contribution in [0.4, 0.5) is 5.69 Å². The second kappa shape index (κ2) is 3.88. The quantitative estimate of drug-likeness (QED) is 0.635. The summed E-state index contributed by atoms with van der Waals surface area (Å²) < 4.78 is 0. The van der Waals surface area contributed by atoms with Gasteiger partial charge in [-0.1, -0.05) is 31.2 Å². The Morgan fingerprint density at radius 1 is 1.00 bits per heavy atom. The fourth-order valence-corrected chi connectivity index (χ4v) is 2.47. The highest BCUT2D eigenvalue weighted by Gasteiger charge is 2.27. The minimum atomic E-state index is -0.0202. The number of aryl methyl sites for hydroxylation is 1. The van der Waals surface area contributed by atoms with Gasteiger partial charge in [-0.15, -0.1) is 4.91 Å². The van der Waals surface area contributed by atoms with Crippen molar-refractivity contribution in [1.82, 2.24) is 0 Å². The molecule has 18 heavy (non-hydrogen) atoms. The molecular weight excluding hydrogens is 226 g/mol. The van der Waals surface area contributed by atoms with Gasteiger partial charge >= 0.3 is 0 Å². The lowest BCUT2D eigenvalue weighted by Crippen LogP contribution is -1.95. The van der Waals surface area contributed by atoms with Gasteiger partial charge in [0.1, 0.15) is 5.69 Å². The number of nitrogens with zero attached hydrogens (tertiary/aromatic N) is 1. The van der Waals surface area contributed by atoms with E-state index < -0.39 is 0 Å². The lowest BCUT2D eigenvalue weighted by atomic mass is 10.00. The van der Waals surface area contributed by atoms with E-state index in [1.54, 1.807) is 6.07 Å². The van der Waals surface area contributed by atoms with Crippen LogP contribution in [-0.4, -0.2) is 5.78 Å². The van der Waals surface area contributed by atoms with Crippen LogP contribution in [-0.2, 0) is 6.42 Å². The second-order valence-electron chi connectivity index (χ2n) is 4.35. The van der Waals surface area contributed by atoms with E-state index in [2.05, 4.69) is 5.18 Å². The third-order valence-corrected chi connectivity index (χ3v) is 3.40. The molecule has 0 unspecified atom stereocenters. The van der Waals surface area contributed by atoms with E-state index >= 15 is 0 Å². The molecule has 0 radical (unpaired) electrons. The molecule has 2 aromatic rings. The fraction of sp³-hybridized carbons (Fsp3) is 0.133. The van der Waals surface area contributed by atoms with E-state index in [9.17, 15) is 9.70 Å². The topological polar surface area (TPSA) is 46.5 Å². The predicted octanol–water partition coefficient (Wildman–Crippen LogP) is 3.86. The van der Waals surface area contributed by atoms with Gasteiger partial charge in [0, 0.05) is 11.1 Å². The van der Waals surface area contributed by atoms with Gasteiger partial charge in [-0.2, -0.15) is 0 Å². The van der Waals surface area contributed by atoms with Crippen LogP contribution in [0.15, 0.2) is 41.6 Å². The van der Waals surface area contributed by atoms with Crippen LogP contribution in [0, 0.1) is 4.91 Å². The summed E-state index contributed by atoms with van der Waals surface area (Å²) in [6.45, 7) is 1.97. The van der Waals surface area contributed by atoms with Crippen molar-refractivity contribution in [3.8, 4) is 11.1 Å². The molecule has 0 bridgehead atoms. The van der Waals surface area contributed by atoms with E-state index in [-0.39, 0.29) is 5.78 Å². The minimum Gasteiger partial charge on any atom is -0.289 e. The van der Waals surface area contributed by atoms with Crippen molar-refractivity contribution in [1.29, 1.82) is 0 Å². The molecule has 0 heterocycles. The monoisotopic (exact) mass is 237 g/mol. The van der Waals surface area contributed by atoms with Crippen LogP contribution in [0.5, 0.6) is 0 Å². The van der Waals surface area contributed by atoms with Crippen molar-refractivity contribution in [2.24, 2.45) is 5.18 Å². The van der Waals surface area contributed by atoms with Crippen molar-refractivity contribution < 1.29 is 4.79 Å². The predicted molar refractivity (Wildman–Crippen MR) is 70.1 cm³/mol. The average Bonchev–Trinajstić information content (AvgIpc) is 2.71. The van der Waals surface area contributed by atoms with Gasteiger partial charge in [-0.05, 0) is 40.4 Å². The van der Waals surface area contributed by atoms with Crippen molar-refractivity contribution in [3.05, 3.63) is 58.0 Å². The fourth-order valence-electron chi connectivity index (χ4n) is 2.47. The van der Waals surface area contributed by atoms with Crippen LogP contribution < -0.4 is 0 Å². The Kier molecular flexibility index (Phi) is 2.33. The summed E-state index contributed by atoms with van der Waals surface area (Å²) >= 11 is 0. The smallest absolute Gasteiger partial charge is 0.194 e. The molecule has 3 nitrogen and oxygen atoms in total. The van der Waals surface area contributed by atoms with Crippen molar-refractivity contribution in [2.45, 2.75) is 13.3 Å². The van der Waals surface area contributed by atoms with Gasteiger partial charge in [0.2, 0.25) is 0 Å². The Hall–Kier alpha value is -2.29. The number of carbonyl (C=O) groups is 1. The Bertz CT molecular complexity index is 674. The van der Waals surface area contributed by atoms with Gasteiger partial charge in [-0.25, -0.2) is 0 Å². The SMILES string of the molecule is CCc1cc2c(cc1N=O)C(=O)c1ccccc1-2. The van der Waals surface area contributed by atoms with Crippen LogP contribution in [0.3, 0.4) is 0 Å². The van der Waals surface area contributed by atoms with Gasteiger partial charge < -0.3 is 0 Å². The summed E-state index contributed by atoms with van der Waals surface area (Å²) in [6.07, 6.45) is 0.727. The highest BCUT2D eigenvalue weighted by Crippen LogP contribution is 2.39. The lowest BCUT2D eigenvalue weighted by Gasteiger charge is -2.05. The molecule has 1 aliphatic rings. The maximum Gasteiger partial charge on any atom is 0.194 e. The summed E-state index contributed by atoms with van der Waals surface area (Å²) in [4.78, 5) is 23.0. The molecule has 0 fully saturated rings. The number of rotatable bonds is 2. The summed E-state index contributed by atoms with van der Waals surface area (Å²) in [5.74, 6) is -0.0202. The van der Waals surface area contributed by atoms with E-state index in [0.29, 0.717) is 16.8 Å². The molecule has 3 rings (SSSR count). The highest BCUT2D eigenvalue weighted by atomic mass is 16.3. The zero-order valence-corrected chi connectivity index (χ0v) is 9.93. The molecule has 0 atom stereocenters. The van der Waals surface area contributed by atoms with Gasteiger partial charge in [0.25, 0.3) is 0 Å². The van der Waals surface area contributed by atoms with Crippen LogP contribution in [0.1, 0.15) is 28.4 Å². The molecule has 3 heteroatoms. The Balaban J connectivity index is 2.33. The van der Waals surface area contributed by atoms with E-state index in [4.69, 9.17) is 0 Å². The number of benzene rings is 2. The number of hydrogen-bond donors (Lipinski definition) is 0. The molecule has 0 spiro atoms. The first-order valence-corrected chi connectivity index (χ1v) is 5.90. The number of ketones is 1. The molecule has 1 aliphatic carbocycles. The Morgan fingerprint density at radius 2 is 1.72 bits per heavy atom. The Labute approximate surface area is 104 Å².